The Labute approximate surface area is 238 Å². The van der Waals surface area contributed by atoms with Gasteiger partial charge in [0.1, 0.15) is 0 Å². The summed E-state index contributed by atoms with van der Waals surface area (Å²) in [5.74, 6) is -0.457. The maximum atomic E-state index is 14.0. The molecule has 1 aliphatic rings. The zero-order valence-corrected chi connectivity index (χ0v) is 24.8. The number of aromatic nitrogens is 2. The van der Waals surface area contributed by atoms with E-state index in [1.165, 1.54) is 16.9 Å². The molecule has 1 atom stereocenters. The van der Waals surface area contributed by atoms with Gasteiger partial charge >= 0.3 is 5.97 Å². The topological polar surface area (TPSA) is 68.8 Å². The van der Waals surface area contributed by atoms with Crippen LogP contribution in [0.15, 0.2) is 75.7 Å². The Hall–Kier alpha value is -4.17. The summed E-state index contributed by atoms with van der Waals surface area (Å²) in [5, 5.41) is 0. The third-order valence-corrected chi connectivity index (χ3v) is 8.27. The van der Waals surface area contributed by atoms with Crippen molar-refractivity contribution in [3.8, 4) is 5.69 Å². The van der Waals surface area contributed by atoms with Gasteiger partial charge in [0, 0.05) is 36.9 Å². The number of thiazole rings is 1. The lowest BCUT2D eigenvalue weighted by Crippen LogP contribution is -2.40. The lowest BCUT2D eigenvalue weighted by Gasteiger charge is -2.25. The van der Waals surface area contributed by atoms with Crippen LogP contribution in [0.2, 0.25) is 0 Å². The number of ether oxygens (including phenoxy) is 1. The zero-order chi connectivity index (χ0) is 28.7. The second kappa shape index (κ2) is 10.8. The molecule has 0 unspecified atom stereocenters. The monoisotopic (exact) mass is 554 g/mol. The van der Waals surface area contributed by atoms with Gasteiger partial charge in [0.05, 0.1) is 28.5 Å². The van der Waals surface area contributed by atoms with Crippen molar-refractivity contribution in [3.63, 3.8) is 0 Å². The van der Waals surface area contributed by atoms with Crippen LogP contribution in [0.5, 0.6) is 0 Å². The SMILES string of the molecule is CCOC(=O)C1=C(C)N=c2s/c(=C/c3cc(C)n(-c4ccc(C)cc4)c3C)c(=O)n2[C@@H]1c1ccc(N(C)C)cc1. The van der Waals surface area contributed by atoms with Crippen LogP contribution in [0.25, 0.3) is 11.8 Å². The van der Waals surface area contributed by atoms with E-state index in [1.54, 1.807) is 18.4 Å². The van der Waals surface area contributed by atoms with E-state index < -0.39 is 12.0 Å². The normalized spacial score (nSPS) is 15.2. The molecule has 0 amide bonds. The number of carbonyl (C=O) groups excluding carboxylic acids is 1. The first-order valence-electron chi connectivity index (χ1n) is 13.3. The molecule has 2 aromatic carbocycles. The summed E-state index contributed by atoms with van der Waals surface area (Å²) in [6.07, 6.45) is 1.94. The minimum absolute atomic E-state index is 0.181. The fourth-order valence-electron chi connectivity index (χ4n) is 5.23. The van der Waals surface area contributed by atoms with E-state index in [-0.39, 0.29) is 12.2 Å². The summed E-state index contributed by atoms with van der Waals surface area (Å²) in [6.45, 7) is 10.0. The number of nitrogens with zero attached hydrogens (tertiary/aromatic N) is 4. The van der Waals surface area contributed by atoms with E-state index in [1.807, 2.05) is 49.3 Å². The summed E-state index contributed by atoms with van der Waals surface area (Å²) in [7, 11) is 3.95. The Balaban J connectivity index is 1.67. The predicted octanol–water partition coefficient (Wildman–Crippen LogP) is 4.58. The van der Waals surface area contributed by atoms with Crippen LogP contribution in [0.4, 0.5) is 5.69 Å². The number of anilines is 1. The number of esters is 1. The van der Waals surface area contributed by atoms with Gasteiger partial charge in [-0.05, 0) is 82.2 Å². The number of benzene rings is 2. The number of carbonyl (C=O) groups is 1. The molecule has 3 heterocycles. The van der Waals surface area contributed by atoms with E-state index in [4.69, 9.17) is 9.73 Å². The summed E-state index contributed by atoms with van der Waals surface area (Å²) < 4.78 is 9.82. The van der Waals surface area contributed by atoms with Crippen LogP contribution in [0.3, 0.4) is 0 Å². The van der Waals surface area contributed by atoms with Crippen LogP contribution in [-0.4, -0.2) is 35.8 Å². The van der Waals surface area contributed by atoms with Crippen LogP contribution < -0.4 is 19.8 Å². The zero-order valence-electron chi connectivity index (χ0n) is 24.0. The fourth-order valence-corrected chi connectivity index (χ4v) is 6.27. The third-order valence-electron chi connectivity index (χ3n) is 7.29. The lowest BCUT2D eigenvalue weighted by molar-refractivity contribution is -0.139. The fraction of sp³-hybridized carbons (Fsp3) is 0.281. The Kier molecular flexibility index (Phi) is 7.38. The molecule has 0 spiro atoms. The molecule has 4 aromatic rings. The Morgan fingerprint density at radius 3 is 2.35 bits per heavy atom. The van der Waals surface area contributed by atoms with Gasteiger partial charge in [-0.15, -0.1) is 0 Å². The van der Waals surface area contributed by atoms with E-state index in [9.17, 15) is 9.59 Å². The van der Waals surface area contributed by atoms with E-state index >= 15 is 0 Å². The molecule has 8 heteroatoms. The van der Waals surface area contributed by atoms with Gasteiger partial charge in [0.15, 0.2) is 4.80 Å². The van der Waals surface area contributed by atoms with Crippen molar-refractivity contribution in [2.45, 2.75) is 40.7 Å². The van der Waals surface area contributed by atoms with Gasteiger partial charge in [0.2, 0.25) is 0 Å². The molecule has 40 heavy (non-hydrogen) atoms. The van der Waals surface area contributed by atoms with Crippen molar-refractivity contribution < 1.29 is 9.53 Å². The van der Waals surface area contributed by atoms with Gasteiger partial charge in [-0.2, -0.15) is 0 Å². The van der Waals surface area contributed by atoms with Crippen molar-refractivity contribution in [2.75, 3.05) is 25.6 Å². The standard InChI is InChI=1S/C32H34N4O3S/c1-8-39-31(38)28-21(4)33-32-36(29(28)23-11-15-25(16-12-23)34(6)7)30(37)27(40-32)18-24-17-20(3)35(22(24)5)26-13-9-19(2)10-14-26/h9-18,29H,8H2,1-7H3/b27-18+/t29-/m1/s1. The van der Waals surface area contributed by atoms with Crippen molar-refractivity contribution >= 4 is 29.1 Å². The van der Waals surface area contributed by atoms with Crippen molar-refractivity contribution in [3.05, 3.63) is 114 Å². The molecule has 0 saturated heterocycles. The molecular formula is C32H34N4O3S. The lowest BCUT2D eigenvalue weighted by atomic mass is 9.95. The number of hydrogen-bond donors (Lipinski definition) is 0. The maximum Gasteiger partial charge on any atom is 0.338 e. The van der Waals surface area contributed by atoms with E-state index in [2.05, 4.69) is 55.7 Å². The molecule has 206 valence electrons. The van der Waals surface area contributed by atoms with Crippen LogP contribution in [0.1, 0.15) is 48.0 Å². The quantitative estimate of drug-likeness (QED) is 0.327. The molecule has 1 aliphatic heterocycles. The molecule has 0 saturated carbocycles. The molecule has 2 aromatic heterocycles. The smallest absolute Gasteiger partial charge is 0.338 e. The molecule has 7 nitrogen and oxygen atoms in total. The summed E-state index contributed by atoms with van der Waals surface area (Å²) in [4.78, 5) is 34.4. The number of aryl methyl sites for hydroxylation is 2. The van der Waals surface area contributed by atoms with E-state index in [0.717, 1.165) is 33.9 Å². The van der Waals surface area contributed by atoms with Crippen LogP contribution in [0, 0.1) is 20.8 Å². The number of rotatable bonds is 6. The number of fused-ring (bicyclic) bond motifs is 1. The summed E-state index contributed by atoms with van der Waals surface area (Å²) in [5.41, 5.74) is 8.00. The van der Waals surface area contributed by atoms with Gasteiger partial charge in [-0.3, -0.25) is 9.36 Å². The molecular weight excluding hydrogens is 520 g/mol. The molecule has 0 radical (unpaired) electrons. The average molecular weight is 555 g/mol. The first-order valence-corrected chi connectivity index (χ1v) is 14.1. The second-order valence-corrected chi connectivity index (χ2v) is 11.3. The Bertz CT molecular complexity index is 1800. The average Bonchev–Trinajstić information content (AvgIpc) is 3.38. The first-order chi connectivity index (χ1) is 19.1. The minimum atomic E-state index is -0.631. The highest BCUT2D eigenvalue weighted by molar-refractivity contribution is 7.07. The third kappa shape index (κ3) is 4.84. The highest BCUT2D eigenvalue weighted by Gasteiger charge is 2.33. The maximum absolute atomic E-state index is 14.0. The molecule has 0 bridgehead atoms. The van der Waals surface area contributed by atoms with Crippen LogP contribution >= 0.6 is 11.3 Å². The van der Waals surface area contributed by atoms with Crippen molar-refractivity contribution in [1.29, 1.82) is 0 Å². The second-order valence-electron chi connectivity index (χ2n) is 10.3. The Morgan fingerprint density at radius 2 is 1.73 bits per heavy atom. The highest BCUT2D eigenvalue weighted by atomic mass is 32.1. The van der Waals surface area contributed by atoms with Crippen molar-refractivity contribution in [1.82, 2.24) is 9.13 Å². The summed E-state index contributed by atoms with van der Waals surface area (Å²) >= 11 is 1.34. The molecule has 0 aliphatic carbocycles. The van der Waals surface area contributed by atoms with Gasteiger partial charge in [-0.25, -0.2) is 9.79 Å². The molecule has 5 rings (SSSR count). The number of hydrogen-bond acceptors (Lipinski definition) is 6. The predicted molar refractivity (Wildman–Crippen MR) is 161 cm³/mol. The van der Waals surface area contributed by atoms with Gasteiger partial charge in [0.25, 0.3) is 5.56 Å². The highest BCUT2D eigenvalue weighted by Crippen LogP contribution is 2.31. The molecule has 0 fully saturated rings. The van der Waals surface area contributed by atoms with Gasteiger partial charge in [-0.1, -0.05) is 41.2 Å². The first kappa shape index (κ1) is 27.4. The molecule has 0 N–H and O–H groups in total. The summed E-state index contributed by atoms with van der Waals surface area (Å²) in [6, 6.07) is 17.8. The largest absolute Gasteiger partial charge is 0.463 e. The van der Waals surface area contributed by atoms with E-state index in [0.29, 0.717) is 20.6 Å². The number of allylic oxidation sites excluding steroid dienone is 1. The van der Waals surface area contributed by atoms with Crippen LogP contribution in [-0.2, 0) is 9.53 Å². The minimum Gasteiger partial charge on any atom is -0.463 e. The van der Waals surface area contributed by atoms with Gasteiger partial charge < -0.3 is 14.2 Å². The Morgan fingerprint density at radius 1 is 1.05 bits per heavy atom. The van der Waals surface area contributed by atoms with Crippen molar-refractivity contribution in [2.24, 2.45) is 4.99 Å².